The number of thiazole rings is 1. The average Bonchev–Trinajstić information content (AvgIpc) is 2.84. The van der Waals surface area contributed by atoms with Crippen molar-refractivity contribution in [2.75, 3.05) is 0 Å². The highest BCUT2D eigenvalue weighted by molar-refractivity contribution is 9.10. The largest absolute Gasteiger partial charge is 0.310 e. The van der Waals surface area contributed by atoms with E-state index >= 15 is 0 Å². The van der Waals surface area contributed by atoms with Crippen molar-refractivity contribution < 1.29 is 0 Å². The summed E-state index contributed by atoms with van der Waals surface area (Å²) in [6, 6.07) is 6.43. The number of halogens is 2. The van der Waals surface area contributed by atoms with E-state index in [4.69, 9.17) is 16.6 Å². The third-order valence-electron chi connectivity index (χ3n) is 3.11. The quantitative estimate of drug-likeness (QED) is 0.696. The molecule has 1 aromatic carbocycles. The summed E-state index contributed by atoms with van der Waals surface area (Å²) in [5.41, 5.74) is 2.29. The first kappa shape index (κ1) is 16.9. The fraction of sp³-hybridized carbons (Fsp3) is 0.438. The molecule has 114 valence electrons. The second kappa shape index (κ2) is 7.23. The van der Waals surface area contributed by atoms with Crippen molar-refractivity contribution in [3.05, 3.63) is 38.3 Å². The molecule has 1 heterocycles. The molecule has 0 aliphatic carbocycles. The first-order valence-electron chi connectivity index (χ1n) is 7.07. The zero-order valence-corrected chi connectivity index (χ0v) is 15.9. The van der Waals surface area contributed by atoms with E-state index in [0.717, 1.165) is 26.6 Å². The number of nitrogens with one attached hydrogen (secondary N) is 1. The van der Waals surface area contributed by atoms with Crippen LogP contribution >= 0.6 is 38.9 Å². The summed E-state index contributed by atoms with van der Waals surface area (Å²) in [5, 5.41) is 5.26. The lowest BCUT2D eigenvalue weighted by atomic mass is 10.1. The van der Waals surface area contributed by atoms with Gasteiger partial charge in [-0.15, -0.1) is 11.3 Å². The van der Waals surface area contributed by atoms with Gasteiger partial charge < -0.3 is 5.32 Å². The Hall–Kier alpha value is -0.420. The van der Waals surface area contributed by atoms with E-state index in [-0.39, 0.29) is 0 Å². The van der Waals surface area contributed by atoms with Gasteiger partial charge in [-0.1, -0.05) is 45.4 Å². The second-order valence-corrected chi connectivity index (χ2v) is 7.99. The van der Waals surface area contributed by atoms with Gasteiger partial charge >= 0.3 is 0 Å². The minimum atomic E-state index is 0.426. The predicted octanol–water partition coefficient (Wildman–Crippen LogP) is 5.85. The summed E-state index contributed by atoms with van der Waals surface area (Å²) in [4.78, 5) is 6.16. The van der Waals surface area contributed by atoms with Gasteiger partial charge in [0.25, 0.3) is 0 Å². The van der Waals surface area contributed by atoms with E-state index in [1.165, 1.54) is 10.6 Å². The number of hydrogen-bond donors (Lipinski definition) is 1. The Bertz CT molecular complexity index is 623. The smallest absolute Gasteiger partial charge is 0.123 e. The summed E-state index contributed by atoms with van der Waals surface area (Å²) in [5.74, 6) is 0.426. The molecule has 0 bridgehead atoms. The lowest BCUT2D eigenvalue weighted by Gasteiger charge is -2.09. The molecule has 0 aliphatic rings. The molecular formula is C16H20BrClN2S. The van der Waals surface area contributed by atoms with E-state index in [9.17, 15) is 0 Å². The van der Waals surface area contributed by atoms with Gasteiger partial charge in [0.05, 0.1) is 10.7 Å². The van der Waals surface area contributed by atoms with Crippen molar-refractivity contribution in [3.63, 3.8) is 0 Å². The van der Waals surface area contributed by atoms with Crippen LogP contribution in [0.3, 0.4) is 0 Å². The molecule has 0 fully saturated rings. The maximum atomic E-state index is 6.07. The number of hydrogen-bond acceptors (Lipinski definition) is 3. The SMILES string of the molecule is CC(C)NCc1sc(-c2ccc(Cl)c(Br)c2)nc1C(C)C. The molecule has 2 nitrogen and oxygen atoms in total. The van der Waals surface area contributed by atoms with Gasteiger partial charge in [0, 0.05) is 27.5 Å². The molecule has 0 saturated heterocycles. The van der Waals surface area contributed by atoms with E-state index in [1.54, 1.807) is 11.3 Å². The number of rotatable bonds is 5. The minimum Gasteiger partial charge on any atom is -0.310 e. The predicted molar refractivity (Wildman–Crippen MR) is 96.3 cm³/mol. The fourth-order valence-electron chi connectivity index (χ4n) is 1.99. The Morgan fingerprint density at radius 2 is 2.00 bits per heavy atom. The van der Waals surface area contributed by atoms with Crippen LogP contribution in [0.25, 0.3) is 10.6 Å². The summed E-state index contributed by atoms with van der Waals surface area (Å²) >= 11 is 11.3. The Morgan fingerprint density at radius 1 is 1.29 bits per heavy atom. The highest BCUT2D eigenvalue weighted by Crippen LogP contribution is 2.34. The molecule has 21 heavy (non-hydrogen) atoms. The maximum Gasteiger partial charge on any atom is 0.123 e. The van der Waals surface area contributed by atoms with Gasteiger partial charge in [-0.2, -0.15) is 0 Å². The third kappa shape index (κ3) is 4.28. The molecule has 2 rings (SSSR count). The van der Waals surface area contributed by atoms with Gasteiger partial charge in [0.2, 0.25) is 0 Å². The monoisotopic (exact) mass is 386 g/mol. The van der Waals surface area contributed by atoms with E-state index < -0.39 is 0 Å². The minimum absolute atomic E-state index is 0.426. The number of nitrogens with zero attached hydrogens (tertiary/aromatic N) is 1. The summed E-state index contributed by atoms with van der Waals surface area (Å²) < 4.78 is 0.907. The Morgan fingerprint density at radius 3 is 2.57 bits per heavy atom. The van der Waals surface area contributed by atoms with Crippen molar-refractivity contribution in [2.45, 2.75) is 46.2 Å². The van der Waals surface area contributed by atoms with Crippen molar-refractivity contribution in [1.29, 1.82) is 0 Å². The topological polar surface area (TPSA) is 24.9 Å². The zero-order chi connectivity index (χ0) is 15.6. The Balaban J connectivity index is 2.36. The molecule has 0 aliphatic heterocycles. The lowest BCUT2D eigenvalue weighted by molar-refractivity contribution is 0.588. The van der Waals surface area contributed by atoms with Crippen LogP contribution in [0.2, 0.25) is 5.02 Å². The highest BCUT2D eigenvalue weighted by Gasteiger charge is 2.16. The summed E-state index contributed by atoms with van der Waals surface area (Å²) in [6.45, 7) is 9.57. The van der Waals surface area contributed by atoms with Crippen molar-refractivity contribution in [2.24, 2.45) is 0 Å². The first-order valence-corrected chi connectivity index (χ1v) is 9.05. The molecular weight excluding hydrogens is 368 g/mol. The van der Waals surface area contributed by atoms with Gasteiger partial charge in [-0.05, 0) is 34.0 Å². The standard InChI is InChI=1S/C16H20BrClN2S/c1-9(2)15-14(8-19-10(3)4)21-16(20-15)11-5-6-13(18)12(17)7-11/h5-7,9-10,19H,8H2,1-4H3. The van der Waals surface area contributed by atoms with Gasteiger partial charge in [-0.25, -0.2) is 4.98 Å². The van der Waals surface area contributed by atoms with Crippen LogP contribution in [-0.4, -0.2) is 11.0 Å². The second-order valence-electron chi connectivity index (χ2n) is 5.65. The van der Waals surface area contributed by atoms with Crippen LogP contribution in [-0.2, 0) is 6.54 Å². The molecule has 0 radical (unpaired) electrons. The number of aromatic nitrogens is 1. The molecule has 0 saturated carbocycles. The molecule has 0 amide bonds. The zero-order valence-electron chi connectivity index (χ0n) is 12.7. The molecule has 1 aromatic heterocycles. The van der Waals surface area contributed by atoms with Gasteiger partial charge in [0.1, 0.15) is 5.01 Å². The first-order chi connectivity index (χ1) is 9.88. The molecule has 5 heteroatoms. The summed E-state index contributed by atoms with van der Waals surface area (Å²) in [6.07, 6.45) is 0. The van der Waals surface area contributed by atoms with E-state index in [1.807, 2.05) is 18.2 Å². The Labute approximate surface area is 144 Å². The van der Waals surface area contributed by atoms with E-state index in [0.29, 0.717) is 12.0 Å². The molecule has 0 unspecified atom stereocenters. The van der Waals surface area contributed by atoms with Crippen LogP contribution in [0.4, 0.5) is 0 Å². The van der Waals surface area contributed by atoms with Crippen molar-refractivity contribution in [1.82, 2.24) is 10.3 Å². The number of benzene rings is 1. The third-order valence-corrected chi connectivity index (χ3v) is 5.45. The molecule has 2 aromatic rings. The normalized spacial score (nSPS) is 11.6. The molecule has 0 spiro atoms. The van der Waals surface area contributed by atoms with Gasteiger partial charge in [0.15, 0.2) is 0 Å². The van der Waals surface area contributed by atoms with Crippen molar-refractivity contribution >= 4 is 38.9 Å². The maximum absolute atomic E-state index is 6.07. The summed E-state index contributed by atoms with van der Waals surface area (Å²) in [7, 11) is 0. The molecule has 1 N–H and O–H groups in total. The van der Waals surface area contributed by atoms with Crippen LogP contribution < -0.4 is 5.32 Å². The lowest BCUT2D eigenvalue weighted by Crippen LogP contribution is -2.22. The van der Waals surface area contributed by atoms with E-state index in [2.05, 4.69) is 48.9 Å². The van der Waals surface area contributed by atoms with Crippen LogP contribution in [0.15, 0.2) is 22.7 Å². The fourth-order valence-corrected chi connectivity index (χ4v) is 3.65. The van der Waals surface area contributed by atoms with Crippen LogP contribution in [0.5, 0.6) is 0 Å². The van der Waals surface area contributed by atoms with Crippen LogP contribution in [0.1, 0.15) is 44.2 Å². The van der Waals surface area contributed by atoms with Crippen molar-refractivity contribution in [3.8, 4) is 10.6 Å². The molecule has 0 atom stereocenters. The highest BCUT2D eigenvalue weighted by atomic mass is 79.9. The average molecular weight is 388 g/mol. The Kier molecular flexibility index (Phi) is 5.83. The van der Waals surface area contributed by atoms with Crippen LogP contribution in [0, 0.1) is 0 Å². The van der Waals surface area contributed by atoms with Gasteiger partial charge in [-0.3, -0.25) is 0 Å².